The molecular weight excluding hydrogens is 290 g/mol. The highest BCUT2D eigenvalue weighted by Crippen LogP contribution is 2.33. The number of benzene rings is 1. The minimum Gasteiger partial charge on any atom is -0.450 e. The van der Waals surface area contributed by atoms with Crippen LogP contribution in [-0.2, 0) is 9.53 Å². The zero-order valence-electron chi connectivity index (χ0n) is 12.1. The van der Waals surface area contributed by atoms with Crippen LogP contribution >= 0.6 is 11.6 Å². The SMILES string of the molecule is CCOC(=O)N[C@@H](c1cccc(Cl)c1)[C@H]1CCCCC1=O. The van der Waals surface area contributed by atoms with Gasteiger partial charge in [-0.15, -0.1) is 0 Å². The van der Waals surface area contributed by atoms with Crippen molar-refractivity contribution in [3.63, 3.8) is 0 Å². The van der Waals surface area contributed by atoms with E-state index in [-0.39, 0.29) is 17.7 Å². The Labute approximate surface area is 129 Å². The molecule has 0 radical (unpaired) electrons. The Morgan fingerprint density at radius 1 is 1.48 bits per heavy atom. The second kappa shape index (κ2) is 7.46. The molecule has 1 saturated carbocycles. The molecule has 4 nitrogen and oxygen atoms in total. The molecule has 1 aliphatic carbocycles. The van der Waals surface area contributed by atoms with Crippen LogP contribution in [0, 0.1) is 5.92 Å². The van der Waals surface area contributed by atoms with E-state index in [9.17, 15) is 9.59 Å². The number of rotatable bonds is 4. The molecule has 1 amide bonds. The number of carbonyl (C=O) groups excluding carboxylic acids is 2. The number of hydrogen-bond donors (Lipinski definition) is 1. The summed E-state index contributed by atoms with van der Waals surface area (Å²) < 4.78 is 4.96. The van der Waals surface area contributed by atoms with Gasteiger partial charge in [0.1, 0.15) is 5.78 Å². The summed E-state index contributed by atoms with van der Waals surface area (Å²) in [6.45, 7) is 2.05. The average Bonchev–Trinajstić information content (AvgIpc) is 2.46. The van der Waals surface area contributed by atoms with Gasteiger partial charge < -0.3 is 10.1 Å². The predicted octanol–water partition coefficient (Wildman–Crippen LogP) is 3.89. The largest absolute Gasteiger partial charge is 0.450 e. The van der Waals surface area contributed by atoms with Crippen molar-refractivity contribution in [3.8, 4) is 0 Å². The zero-order valence-corrected chi connectivity index (χ0v) is 12.9. The highest BCUT2D eigenvalue weighted by atomic mass is 35.5. The molecule has 0 heterocycles. The number of nitrogens with one attached hydrogen (secondary N) is 1. The molecular formula is C16H20ClNO3. The molecule has 0 bridgehead atoms. The van der Waals surface area contributed by atoms with Gasteiger partial charge in [0, 0.05) is 17.4 Å². The number of amides is 1. The van der Waals surface area contributed by atoms with E-state index in [2.05, 4.69) is 5.32 Å². The lowest BCUT2D eigenvalue weighted by Crippen LogP contribution is -2.38. The number of alkyl carbamates (subject to hydrolysis) is 1. The smallest absolute Gasteiger partial charge is 0.407 e. The van der Waals surface area contributed by atoms with Crippen LogP contribution in [0.1, 0.15) is 44.2 Å². The molecule has 0 spiro atoms. The van der Waals surface area contributed by atoms with Crippen molar-refractivity contribution in [2.24, 2.45) is 5.92 Å². The molecule has 1 aromatic carbocycles. The molecule has 1 N–H and O–H groups in total. The van der Waals surface area contributed by atoms with E-state index in [0.29, 0.717) is 18.1 Å². The van der Waals surface area contributed by atoms with Crippen LogP contribution in [0.25, 0.3) is 0 Å². The van der Waals surface area contributed by atoms with Gasteiger partial charge >= 0.3 is 6.09 Å². The summed E-state index contributed by atoms with van der Waals surface area (Å²) in [7, 11) is 0. The summed E-state index contributed by atoms with van der Waals surface area (Å²) in [5.41, 5.74) is 0.843. The molecule has 5 heteroatoms. The number of halogens is 1. The number of carbonyl (C=O) groups is 2. The summed E-state index contributed by atoms with van der Waals surface area (Å²) in [4.78, 5) is 24.0. The van der Waals surface area contributed by atoms with Crippen LogP contribution < -0.4 is 5.32 Å². The van der Waals surface area contributed by atoms with E-state index in [4.69, 9.17) is 16.3 Å². The van der Waals surface area contributed by atoms with Crippen molar-refractivity contribution >= 4 is 23.5 Å². The molecule has 1 aliphatic rings. The molecule has 0 saturated heterocycles. The summed E-state index contributed by atoms with van der Waals surface area (Å²) in [6, 6.07) is 6.89. The molecule has 21 heavy (non-hydrogen) atoms. The Hall–Kier alpha value is -1.55. The summed E-state index contributed by atoms with van der Waals surface area (Å²) in [6.07, 6.45) is 2.78. The van der Waals surface area contributed by atoms with E-state index in [1.807, 2.05) is 12.1 Å². The fourth-order valence-electron chi connectivity index (χ4n) is 2.78. The molecule has 0 aliphatic heterocycles. The Morgan fingerprint density at radius 3 is 2.95 bits per heavy atom. The van der Waals surface area contributed by atoms with Gasteiger partial charge in [0.05, 0.1) is 12.6 Å². The summed E-state index contributed by atoms with van der Waals surface area (Å²) in [5.74, 6) is -0.00959. The lowest BCUT2D eigenvalue weighted by molar-refractivity contribution is -0.125. The minimum atomic E-state index is -0.499. The minimum absolute atomic E-state index is 0.197. The Kier molecular flexibility index (Phi) is 5.62. The predicted molar refractivity (Wildman–Crippen MR) is 81.3 cm³/mol. The Bertz CT molecular complexity index is 518. The zero-order chi connectivity index (χ0) is 15.2. The van der Waals surface area contributed by atoms with Crippen molar-refractivity contribution in [1.82, 2.24) is 5.32 Å². The van der Waals surface area contributed by atoms with Crippen molar-refractivity contribution in [2.45, 2.75) is 38.6 Å². The first-order valence-corrected chi connectivity index (χ1v) is 7.71. The Balaban J connectivity index is 2.24. The summed E-state index contributed by atoms with van der Waals surface area (Å²) >= 11 is 6.03. The van der Waals surface area contributed by atoms with Gasteiger partial charge in [-0.25, -0.2) is 4.79 Å². The second-order valence-electron chi connectivity index (χ2n) is 5.22. The molecule has 0 unspecified atom stereocenters. The summed E-state index contributed by atoms with van der Waals surface area (Å²) in [5, 5.41) is 3.41. The standard InChI is InChI=1S/C16H20ClNO3/c1-2-21-16(20)18-15(11-6-5-7-12(17)10-11)13-8-3-4-9-14(13)19/h5-7,10,13,15H,2-4,8-9H2,1H3,(H,18,20)/t13-,15-/m0/s1. The van der Waals surface area contributed by atoms with E-state index >= 15 is 0 Å². The van der Waals surface area contributed by atoms with Crippen LogP contribution in [0.5, 0.6) is 0 Å². The van der Waals surface area contributed by atoms with Crippen LogP contribution in [0.4, 0.5) is 4.79 Å². The Morgan fingerprint density at radius 2 is 2.29 bits per heavy atom. The van der Waals surface area contributed by atoms with Gasteiger partial charge in [-0.2, -0.15) is 0 Å². The van der Waals surface area contributed by atoms with Gasteiger partial charge in [0.15, 0.2) is 0 Å². The molecule has 1 aromatic rings. The quantitative estimate of drug-likeness (QED) is 0.918. The first-order valence-electron chi connectivity index (χ1n) is 7.33. The lowest BCUT2D eigenvalue weighted by atomic mass is 9.80. The number of Topliss-reactive ketones (excluding diaryl/α,β-unsaturated/α-hetero) is 1. The molecule has 0 aromatic heterocycles. The lowest BCUT2D eigenvalue weighted by Gasteiger charge is -2.30. The first-order chi connectivity index (χ1) is 10.1. The maximum Gasteiger partial charge on any atom is 0.407 e. The first kappa shape index (κ1) is 15.8. The third kappa shape index (κ3) is 4.21. The molecule has 114 valence electrons. The topological polar surface area (TPSA) is 55.4 Å². The fourth-order valence-corrected chi connectivity index (χ4v) is 2.98. The van der Waals surface area contributed by atoms with E-state index in [1.54, 1.807) is 19.1 Å². The van der Waals surface area contributed by atoms with Crippen molar-refractivity contribution in [2.75, 3.05) is 6.61 Å². The average molecular weight is 310 g/mol. The van der Waals surface area contributed by atoms with Crippen molar-refractivity contribution in [1.29, 1.82) is 0 Å². The monoisotopic (exact) mass is 309 g/mol. The van der Waals surface area contributed by atoms with Crippen LogP contribution in [0.15, 0.2) is 24.3 Å². The van der Waals surface area contributed by atoms with Crippen LogP contribution in [0.2, 0.25) is 5.02 Å². The second-order valence-corrected chi connectivity index (χ2v) is 5.65. The third-order valence-electron chi connectivity index (χ3n) is 3.76. The van der Waals surface area contributed by atoms with Crippen LogP contribution in [-0.4, -0.2) is 18.5 Å². The van der Waals surface area contributed by atoms with E-state index in [1.165, 1.54) is 0 Å². The van der Waals surface area contributed by atoms with Crippen LogP contribution in [0.3, 0.4) is 0 Å². The van der Waals surface area contributed by atoms with Crippen molar-refractivity contribution < 1.29 is 14.3 Å². The molecule has 1 fully saturated rings. The fraction of sp³-hybridized carbons (Fsp3) is 0.500. The number of ether oxygens (including phenoxy) is 1. The van der Waals surface area contributed by atoms with Gasteiger partial charge in [0.2, 0.25) is 0 Å². The third-order valence-corrected chi connectivity index (χ3v) is 4.00. The highest BCUT2D eigenvalue weighted by molar-refractivity contribution is 6.30. The van der Waals surface area contributed by atoms with Crippen molar-refractivity contribution in [3.05, 3.63) is 34.9 Å². The van der Waals surface area contributed by atoms with Gasteiger partial charge in [-0.3, -0.25) is 4.79 Å². The van der Waals surface area contributed by atoms with E-state index < -0.39 is 6.09 Å². The number of ketones is 1. The highest BCUT2D eigenvalue weighted by Gasteiger charge is 2.32. The molecule has 2 rings (SSSR count). The van der Waals surface area contributed by atoms with Gasteiger partial charge in [0.25, 0.3) is 0 Å². The van der Waals surface area contributed by atoms with Gasteiger partial charge in [-0.1, -0.05) is 30.2 Å². The maximum absolute atomic E-state index is 12.2. The molecule has 2 atom stereocenters. The van der Waals surface area contributed by atoms with E-state index in [0.717, 1.165) is 24.8 Å². The maximum atomic E-state index is 12.2. The van der Waals surface area contributed by atoms with Gasteiger partial charge in [-0.05, 0) is 37.5 Å². The normalized spacial score (nSPS) is 19.9. The number of hydrogen-bond acceptors (Lipinski definition) is 3.